The summed E-state index contributed by atoms with van der Waals surface area (Å²) in [5.41, 5.74) is 0.356. The molecule has 0 saturated carbocycles. The van der Waals surface area contributed by atoms with E-state index in [1.165, 1.54) is 36.4 Å². The topological polar surface area (TPSA) is 244 Å². The smallest absolute Gasteiger partial charge is 0.327 e. The molecule has 304 valence electrons. The Morgan fingerprint density at radius 3 is 1.54 bits per heavy atom. The largest absolute Gasteiger partial charge is 0.497 e. The highest BCUT2D eigenvalue weighted by Gasteiger charge is 2.08. The predicted molar refractivity (Wildman–Crippen MR) is 219 cm³/mol. The monoisotopic (exact) mass is 980 g/mol. The number of nitrogens with one attached hydrogen (secondary N) is 3. The highest BCUT2D eigenvalue weighted by molar-refractivity contribution is 9.11. The van der Waals surface area contributed by atoms with E-state index >= 15 is 0 Å². The van der Waals surface area contributed by atoms with Gasteiger partial charge in [0.2, 0.25) is 11.8 Å². The summed E-state index contributed by atoms with van der Waals surface area (Å²) in [4.78, 5) is 78.2. The van der Waals surface area contributed by atoms with Crippen LogP contribution in [0.4, 0.5) is 0 Å². The molecule has 1 aromatic carbocycles. The van der Waals surface area contributed by atoms with E-state index in [2.05, 4.69) is 88.7 Å². The van der Waals surface area contributed by atoms with Gasteiger partial charge in [0, 0.05) is 42.9 Å². The number of aromatic amines is 1. The van der Waals surface area contributed by atoms with Crippen molar-refractivity contribution in [3.8, 4) is 17.0 Å². The predicted octanol–water partition coefficient (Wildman–Crippen LogP) is 2.30. The fourth-order valence-corrected chi connectivity index (χ4v) is 4.86. The Labute approximate surface area is 350 Å². The molecule has 3 N–H and O–H groups in total. The summed E-state index contributed by atoms with van der Waals surface area (Å²) in [5.74, 6) is -0.186. The van der Waals surface area contributed by atoms with Gasteiger partial charge < -0.3 is 20.1 Å². The van der Waals surface area contributed by atoms with E-state index in [4.69, 9.17) is 4.74 Å². The molecule has 5 aromatic rings. The van der Waals surface area contributed by atoms with Crippen LogP contribution in [0.2, 0.25) is 0 Å². The number of aromatic nitrogens is 8. The first-order valence-corrected chi connectivity index (χ1v) is 19.2. The van der Waals surface area contributed by atoms with E-state index in [0.29, 0.717) is 39.2 Å². The molecule has 4 heterocycles. The molecule has 0 unspecified atom stereocenters. The summed E-state index contributed by atoms with van der Waals surface area (Å²) < 4.78 is 14.8. The summed E-state index contributed by atoms with van der Waals surface area (Å²) in [6, 6.07) is 19.1. The van der Waals surface area contributed by atoms with Crippen molar-refractivity contribution in [2.75, 3.05) is 26.8 Å². The Morgan fingerprint density at radius 2 is 1.11 bits per heavy atom. The minimum atomic E-state index is -0.472. The summed E-state index contributed by atoms with van der Waals surface area (Å²) in [7, 11) is 1.60. The van der Waals surface area contributed by atoms with E-state index < -0.39 is 5.97 Å². The van der Waals surface area contributed by atoms with Gasteiger partial charge in [-0.1, -0.05) is 0 Å². The van der Waals surface area contributed by atoms with Crippen molar-refractivity contribution in [1.82, 2.24) is 50.2 Å². The zero-order chi connectivity index (χ0) is 42.3. The number of hydrogen-bond acceptors (Lipinski definition) is 13. The lowest BCUT2D eigenvalue weighted by Crippen LogP contribution is -2.33. The van der Waals surface area contributed by atoms with Gasteiger partial charge in [-0.05, 0) is 117 Å². The van der Waals surface area contributed by atoms with Crippen molar-refractivity contribution in [3.63, 3.8) is 0 Å². The maximum absolute atomic E-state index is 11.7. The van der Waals surface area contributed by atoms with Crippen LogP contribution in [-0.2, 0) is 38.8 Å². The molecule has 0 aliphatic rings. The first kappa shape index (κ1) is 47.5. The number of nitrogens with zero attached hydrogens (tertiary/aromatic N) is 7. The number of hydrogen-bond donors (Lipinski definition) is 3. The lowest BCUT2D eigenvalue weighted by atomic mass is 10.1. The zero-order valence-electron chi connectivity index (χ0n) is 31.1. The normalized spacial score (nSPS) is 9.88. The third kappa shape index (κ3) is 18.3. The van der Waals surface area contributed by atoms with E-state index in [1.54, 1.807) is 26.2 Å². The number of esters is 1. The Balaban J connectivity index is 0.000000276. The number of carbonyl (C=O) groups excluding carboxylic acids is 3. The van der Waals surface area contributed by atoms with Crippen molar-refractivity contribution in [2.45, 2.75) is 40.4 Å². The molecule has 22 heteroatoms. The third-order valence-electron chi connectivity index (χ3n) is 6.48. The zero-order valence-corrected chi connectivity index (χ0v) is 35.9. The number of benzene rings is 1. The van der Waals surface area contributed by atoms with Crippen LogP contribution >= 0.6 is 47.8 Å². The summed E-state index contributed by atoms with van der Waals surface area (Å²) in [6.07, 6.45) is 0. The molecule has 0 bridgehead atoms. The highest BCUT2D eigenvalue weighted by Crippen LogP contribution is 2.19. The molecule has 57 heavy (non-hydrogen) atoms. The number of amides is 2. The molecule has 0 saturated heterocycles. The van der Waals surface area contributed by atoms with Crippen LogP contribution in [0.3, 0.4) is 0 Å². The number of halogens is 3. The number of rotatable bonds is 11. The lowest BCUT2D eigenvalue weighted by molar-refractivity contribution is -0.144. The number of methoxy groups -OCH3 is 1. The van der Waals surface area contributed by atoms with Crippen LogP contribution in [0.15, 0.2) is 106 Å². The van der Waals surface area contributed by atoms with Crippen LogP contribution < -0.4 is 37.6 Å². The molecular weight excluding hydrogens is 944 g/mol. The Hall–Kier alpha value is -5.61. The molecule has 0 atom stereocenters. The Bertz CT molecular complexity index is 2220. The van der Waals surface area contributed by atoms with Crippen LogP contribution in [0.25, 0.3) is 11.3 Å². The van der Waals surface area contributed by atoms with Gasteiger partial charge >= 0.3 is 5.97 Å². The average molecular weight is 983 g/mol. The Morgan fingerprint density at radius 1 is 0.632 bits per heavy atom. The van der Waals surface area contributed by atoms with Crippen molar-refractivity contribution in [2.24, 2.45) is 0 Å². The van der Waals surface area contributed by atoms with Gasteiger partial charge in [-0.15, -0.1) is 0 Å². The van der Waals surface area contributed by atoms with Gasteiger partial charge in [0.05, 0.1) is 19.4 Å². The van der Waals surface area contributed by atoms with Gasteiger partial charge in [0.1, 0.15) is 39.2 Å². The van der Waals surface area contributed by atoms with Crippen LogP contribution in [0.5, 0.6) is 5.75 Å². The van der Waals surface area contributed by atoms with Crippen molar-refractivity contribution in [1.29, 1.82) is 0 Å². The summed E-state index contributed by atoms with van der Waals surface area (Å²) in [5, 5.41) is 22.9. The molecule has 0 spiro atoms. The van der Waals surface area contributed by atoms with E-state index in [-0.39, 0.29) is 53.7 Å². The first-order valence-electron chi connectivity index (χ1n) is 16.8. The minimum Gasteiger partial charge on any atom is -0.497 e. The van der Waals surface area contributed by atoms with Crippen molar-refractivity contribution in [3.05, 3.63) is 128 Å². The summed E-state index contributed by atoms with van der Waals surface area (Å²) >= 11 is 9.29. The molecule has 0 aliphatic heterocycles. The SMILES string of the molecule is CCNC(=O)Cn1nc(-c2ccc(OC)cc2)ccc1=O.CCNC(=O)Cn1nc(Br)ccc1=O.CCOC(=O)Cn1nc(Br)ccc1=O.O=c1ccc(Br)n[nH]1. The van der Waals surface area contributed by atoms with Crippen LogP contribution in [0.1, 0.15) is 20.8 Å². The average Bonchev–Trinajstić information content (AvgIpc) is 3.18. The molecule has 0 fully saturated rings. The van der Waals surface area contributed by atoms with Crippen molar-refractivity contribution < 1.29 is 23.9 Å². The molecular formula is C35H39Br3N10O9. The number of ether oxygens (including phenoxy) is 2. The molecule has 0 radical (unpaired) electrons. The second kappa shape index (κ2) is 25.5. The van der Waals surface area contributed by atoms with E-state index in [9.17, 15) is 33.6 Å². The Kier molecular flexibility index (Phi) is 21.3. The van der Waals surface area contributed by atoms with Gasteiger partial charge in [-0.3, -0.25) is 33.6 Å². The van der Waals surface area contributed by atoms with Crippen molar-refractivity contribution >= 4 is 65.6 Å². The van der Waals surface area contributed by atoms with E-state index in [1.807, 2.05) is 38.1 Å². The standard InChI is InChI=1S/C15H17N3O3.C8H10BrN3O2.C8H9BrN2O3.C4H3BrN2O/c1-3-16-14(19)10-18-15(20)9-8-13(17-18)11-4-6-12(21-2)7-5-11;1-2-10-7(13)5-12-8(14)4-3-6(9)11-12;1-2-14-8(13)5-11-7(12)4-3-6(9)10-11;5-3-1-2-4(8)7-6-3/h4-9H,3,10H2,1-2H3,(H,16,19);3-4H,2,5H2,1H3,(H,10,13);3-4H,2,5H2,1H3;1-2H,(H,7,8). The second-order valence-electron chi connectivity index (χ2n) is 10.7. The number of H-pyrrole nitrogens is 1. The first-order chi connectivity index (χ1) is 27.2. The van der Waals surface area contributed by atoms with E-state index in [0.717, 1.165) is 25.4 Å². The number of carbonyl (C=O) groups is 3. The maximum atomic E-state index is 11.7. The second-order valence-corrected chi connectivity index (χ2v) is 13.1. The number of likely N-dealkylation sites (N-methyl/N-ethyl adjacent to an activating group) is 2. The van der Waals surface area contributed by atoms with Gasteiger partial charge in [-0.25, -0.2) is 19.1 Å². The molecule has 4 aromatic heterocycles. The van der Waals surface area contributed by atoms with Gasteiger partial charge in [0.25, 0.3) is 22.2 Å². The fraction of sp³-hybridized carbons (Fsp3) is 0.286. The van der Waals surface area contributed by atoms with Gasteiger partial charge in [0.15, 0.2) is 0 Å². The maximum Gasteiger partial charge on any atom is 0.327 e. The quantitative estimate of drug-likeness (QED) is 0.161. The molecule has 19 nitrogen and oxygen atoms in total. The molecule has 5 rings (SSSR count). The highest BCUT2D eigenvalue weighted by atomic mass is 79.9. The van der Waals surface area contributed by atoms with Crippen LogP contribution in [-0.4, -0.2) is 84.1 Å². The molecule has 0 aliphatic carbocycles. The van der Waals surface area contributed by atoms with Crippen LogP contribution in [0, 0.1) is 0 Å². The molecule has 2 amide bonds. The fourth-order valence-electron chi connectivity index (χ4n) is 3.99. The third-order valence-corrected chi connectivity index (χ3v) is 7.77. The lowest BCUT2D eigenvalue weighted by Gasteiger charge is -2.07. The summed E-state index contributed by atoms with van der Waals surface area (Å²) in [6.45, 7) is 6.40. The van der Waals surface area contributed by atoms with Gasteiger partial charge in [-0.2, -0.15) is 20.4 Å². The minimum absolute atomic E-state index is 0.0495.